The van der Waals surface area contributed by atoms with E-state index in [4.69, 9.17) is 4.74 Å². The van der Waals surface area contributed by atoms with Crippen LogP contribution in [0.25, 0.3) is 0 Å². The van der Waals surface area contributed by atoms with Gasteiger partial charge in [0.15, 0.2) is 0 Å². The molecule has 0 saturated heterocycles. The molecule has 0 bridgehead atoms. The summed E-state index contributed by atoms with van der Waals surface area (Å²) in [6, 6.07) is 0. The average molecular weight is 196 g/mol. The van der Waals surface area contributed by atoms with Gasteiger partial charge in [0.1, 0.15) is 0 Å². The van der Waals surface area contributed by atoms with E-state index in [1.807, 2.05) is 0 Å². The monoisotopic (exact) mass is 196 g/mol. The van der Waals surface area contributed by atoms with Crippen LogP contribution in [0.15, 0.2) is 0 Å². The van der Waals surface area contributed by atoms with Crippen molar-refractivity contribution in [2.24, 2.45) is 11.3 Å². The third-order valence-corrected chi connectivity index (χ3v) is 3.76. The third-order valence-electron chi connectivity index (χ3n) is 3.76. The second-order valence-electron chi connectivity index (χ2n) is 6.19. The fourth-order valence-electron chi connectivity index (χ4n) is 2.53. The van der Waals surface area contributed by atoms with E-state index in [1.54, 1.807) is 0 Å². The minimum absolute atomic E-state index is 0.478. The Labute approximate surface area is 88.2 Å². The summed E-state index contributed by atoms with van der Waals surface area (Å²) in [5, 5.41) is 0. The Kier molecular flexibility index (Phi) is 2.88. The molecule has 0 aromatic heterocycles. The van der Waals surface area contributed by atoms with Gasteiger partial charge in [-0.3, -0.25) is 0 Å². The molecule has 1 unspecified atom stereocenters. The van der Waals surface area contributed by atoms with Crippen molar-refractivity contribution in [3.63, 3.8) is 0 Å². The third kappa shape index (κ3) is 2.73. The van der Waals surface area contributed by atoms with Crippen molar-refractivity contribution >= 4 is 0 Å². The molecule has 0 aromatic rings. The van der Waals surface area contributed by atoms with Crippen LogP contribution >= 0.6 is 0 Å². The maximum Gasteiger partial charge on any atom is 0.0581 e. The minimum Gasteiger partial charge on any atom is -0.375 e. The Balaban J connectivity index is 1.83. The lowest BCUT2D eigenvalue weighted by Crippen LogP contribution is -2.31. The molecule has 82 valence electrons. The van der Waals surface area contributed by atoms with E-state index < -0.39 is 0 Å². The smallest absolute Gasteiger partial charge is 0.0581 e. The van der Waals surface area contributed by atoms with E-state index in [0.717, 1.165) is 5.92 Å². The Bertz CT molecular complexity index is 188. The van der Waals surface area contributed by atoms with Crippen LogP contribution < -0.4 is 0 Å². The molecule has 2 saturated carbocycles. The maximum absolute atomic E-state index is 6.03. The Morgan fingerprint density at radius 1 is 0.929 bits per heavy atom. The van der Waals surface area contributed by atoms with E-state index in [9.17, 15) is 0 Å². The normalized spacial score (nSPS) is 34.5. The van der Waals surface area contributed by atoms with Crippen LogP contribution in [-0.4, -0.2) is 12.2 Å². The Hall–Kier alpha value is -0.0400. The van der Waals surface area contributed by atoms with E-state index in [-0.39, 0.29) is 0 Å². The van der Waals surface area contributed by atoms with Gasteiger partial charge in [-0.05, 0) is 43.4 Å². The van der Waals surface area contributed by atoms with Gasteiger partial charge in [0.25, 0.3) is 0 Å². The molecule has 0 N–H and O–H groups in total. The van der Waals surface area contributed by atoms with Crippen LogP contribution in [0.4, 0.5) is 0 Å². The first kappa shape index (κ1) is 10.5. The summed E-state index contributed by atoms with van der Waals surface area (Å²) in [5.41, 5.74) is 0.478. The molecular formula is C13H24O. The molecule has 0 radical (unpaired) electrons. The molecule has 0 spiro atoms. The second kappa shape index (κ2) is 3.84. The van der Waals surface area contributed by atoms with Crippen molar-refractivity contribution in [1.29, 1.82) is 0 Å². The predicted molar refractivity (Wildman–Crippen MR) is 59.3 cm³/mol. The van der Waals surface area contributed by atoms with Crippen molar-refractivity contribution in [1.82, 2.24) is 0 Å². The first-order chi connectivity index (χ1) is 6.55. The molecule has 0 heterocycles. The SMILES string of the molecule is CC(C)(C)[C@@H]1CCCC(OC2CC2)C1. The van der Waals surface area contributed by atoms with Gasteiger partial charge in [-0.2, -0.15) is 0 Å². The summed E-state index contributed by atoms with van der Waals surface area (Å²) in [4.78, 5) is 0. The van der Waals surface area contributed by atoms with Crippen LogP contribution in [0.1, 0.15) is 59.3 Å². The summed E-state index contributed by atoms with van der Waals surface area (Å²) < 4.78 is 6.03. The topological polar surface area (TPSA) is 9.23 Å². The van der Waals surface area contributed by atoms with Crippen LogP contribution in [0, 0.1) is 11.3 Å². The fourth-order valence-corrected chi connectivity index (χ4v) is 2.53. The van der Waals surface area contributed by atoms with Gasteiger partial charge >= 0.3 is 0 Å². The van der Waals surface area contributed by atoms with Gasteiger partial charge in [0.2, 0.25) is 0 Å². The largest absolute Gasteiger partial charge is 0.375 e. The van der Waals surface area contributed by atoms with Crippen molar-refractivity contribution in [3.8, 4) is 0 Å². The van der Waals surface area contributed by atoms with Gasteiger partial charge in [-0.25, -0.2) is 0 Å². The van der Waals surface area contributed by atoms with Crippen molar-refractivity contribution < 1.29 is 4.74 Å². The summed E-state index contributed by atoms with van der Waals surface area (Å²) in [7, 11) is 0. The molecule has 1 nitrogen and oxygen atoms in total. The molecule has 0 aromatic carbocycles. The maximum atomic E-state index is 6.03. The lowest BCUT2D eigenvalue weighted by molar-refractivity contribution is -0.0160. The number of ether oxygens (including phenoxy) is 1. The Morgan fingerprint density at radius 3 is 2.21 bits per heavy atom. The van der Waals surface area contributed by atoms with Crippen LogP contribution in [-0.2, 0) is 4.74 Å². The second-order valence-corrected chi connectivity index (χ2v) is 6.19. The summed E-state index contributed by atoms with van der Waals surface area (Å²) in [5.74, 6) is 0.875. The van der Waals surface area contributed by atoms with E-state index in [1.165, 1.54) is 38.5 Å². The molecule has 0 aliphatic heterocycles. The molecule has 2 aliphatic rings. The van der Waals surface area contributed by atoms with E-state index in [0.29, 0.717) is 17.6 Å². The highest BCUT2D eigenvalue weighted by Gasteiger charge is 2.34. The zero-order valence-corrected chi connectivity index (χ0v) is 9.88. The molecule has 0 amide bonds. The van der Waals surface area contributed by atoms with Gasteiger partial charge in [0.05, 0.1) is 12.2 Å². The van der Waals surface area contributed by atoms with Gasteiger partial charge < -0.3 is 4.74 Å². The zero-order chi connectivity index (χ0) is 10.2. The Morgan fingerprint density at radius 2 is 1.64 bits per heavy atom. The molecule has 2 aliphatic carbocycles. The van der Waals surface area contributed by atoms with Crippen LogP contribution in [0.3, 0.4) is 0 Å². The number of hydrogen-bond acceptors (Lipinski definition) is 1. The number of rotatable bonds is 2. The van der Waals surface area contributed by atoms with Gasteiger partial charge in [-0.15, -0.1) is 0 Å². The zero-order valence-electron chi connectivity index (χ0n) is 9.88. The number of hydrogen-bond donors (Lipinski definition) is 0. The van der Waals surface area contributed by atoms with Crippen molar-refractivity contribution in [2.75, 3.05) is 0 Å². The molecule has 2 atom stereocenters. The highest BCUT2D eigenvalue weighted by atomic mass is 16.5. The molecule has 2 rings (SSSR count). The van der Waals surface area contributed by atoms with Gasteiger partial charge in [0, 0.05) is 0 Å². The molecule has 2 fully saturated rings. The van der Waals surface area contributed by atoms with Crippen molar-refractivity contribution in [3.05, 3.63) is 0 Å². The summed E-state index contributed by atoms with van der Waals surface area (Å²) in [6.07, 6.45) is 9.25. The molecule has 14 heavy (non-hydrogen) atoms. The summed E-state index contributed by atoms with van der Waals surface area (Å²) in [6.45, 7) is 7.12. The van der Waals surface area contributed by atoms with Crippen molar-refractivity contribution in [2.45, 2.75) is 71.5 Å². The molecule has 1 heteroatoms. The van der Waals surface area contributed by atoms with Crippen LogP contribution in [0.2, 0.25) is 0 Å². The highest BCUT2D eigenvalue weighted by Crippen LogP contribution is 2.40. The molecular weight excluding hydrogens is 172 g/mol. The quantitative estimate of drug-likeness (QED) is 0.653. The highest BCUT2D eigenvalue weighted by molar-refractivity contribution is 4.84. The first-order valence-electron chi connectivity index (χ1n) is 6.21. The lowest BCUT2D eigenvalue weighted by atomic mass is 9.71. The predicted octanol–water partition coefficient (Wildman–Crippen LogP) is 3.77. The summed E-state index contributed by atoms with van der Waals surface area (Å²) >= 11 is 0. The van der Waals surface area contributed by atoms with E-state index in [2.05, 4.69) is 20.8 Å². The lowest BCUT2D eigenvalue weighted by Gasteiger charge is -2.37. The first-order valence-corrected chi connectivity index (χ1v) is 6.21. The van der Waals surface area contributed by atoms with E-state index >= 15 is 0 Å². The standard InChI is InChI=1S/C13H24O/c1-13(2,3)10-5-4-6-12(9-10)14-11-7-8-11/h10-12H,4-9H2,1-3H3/t10-,12?/m1/s1. The fraction of sp³-hybridized carbons (Fsp3) is 1.00. The van der Waals surface area contributed by atoms with Gasteiger partial charge in [-0.1, -0.05) is 27.2 Å². The minimum atomic E-state index is 0.478. The van der Waals surface area contributed by atoms with Crippen LogP contribution in [0.5, 0.6) is 0 Å². The average Bonchev–Trinajstić information content (AvgIpc) is 2.87.